The molecule has 20 heavy (non-hydrogen) atoms. The van der Waals surface area contributed by atoms with Gasteiger partial charge in [-0.3, -0.25) is 14.4 Å². The first-order valence-corrected chi connectivity index (χ1v) is 6.98. The summed E-state index contributed by atoms with van der Waals surface area (Å²) in [5.41, 5.74) is 0.718. The molecule has 0 saturated heterocycles. The molecule has 1 unspecified atom stereocenters. The minimum atomic E-state index is -1.21. The number of Topliss-reactive ketones (excluding diaryl/α,β-unsaturated/α-hetero) is 2. The van der Waals surface area contributed by atoms with E-state index >= 15 is 0 Å². The highest BCUT2D eigenvalue weighted by molar-refractivity contribution is 8.13. The van der Waals surface area contributed by atoms with E-state index in [0.717, 1.165) is 0 Å². The van der Waals surface area contributed by atoms with Gasteiger partial charge in [-0.15, -0.1) is 0 Å². The normalized spacial score (nSPS) is 26.8. The Morgan fingerprint density at radius 2 is 1.75 bits per heavy atom. The van der Waals surface area contributed by atoms with Crippen LogP contribution in [0.25, 0.3) is 0 Å². The summed E-state index contributed by atoms with van der Waals surface area (Å²) in [6.45, 7) is 0. The van der Waals surface area contributed by atoms with E-state index in [0.29, 0.717) is 23.9 Å². The third-order valence-electron chi connectivity index (χ3n) is 3.44. The van der Waals surface area contributed by atoms with Gasteiger partial charge in [-0.25, -0.2) is 4.05 Å². The van der Waals surface area contributed by atoms with Crippen LogP contribution in [0.1, 0.15) is 19.3 Å². The van der Waals surface area contributed by atoms with Crippen molar-refractivity contribution in [2.45, 2.75) is 19.3 Å². The second-order valence-electron chi connectivity index (χ2n) is 4.73. The standard InChI is InChI=1S/C14H11NO4S/c16-11-7-6-9-8-12(17)20-15(19,13(9)14(11)18)10-4-2-1-3-5-10/h1-5H,6-8H2. The maximum Gasteiger partial charge on any atom is 0.283 e. The summed E-state index contributed by atoms with van der Waals surface area (Å²) in [5.74, 6) is -1.29. The van der Waals surface area contributed by atoms with Crippen LogP contribution in [0.3, 0.4) is 0 Å². The Balaban J connectivity index is 2.20. The monoisotopic (exact) mass is 289 g/mol. The van der Waals surface area contributed by atoms with Crippen molar-refractivity contribution in [2.24, 2.45) is 0 Å². The summed E-state index contributed by atoms with van der Waals surface area (Å²) in [6.07, 6.45) is 0.486. The number of quaternary nitrogens is 1. The minimum Gasteiger partial charge on any atom is -0.609 e. The molecule has 2 aliphatic rings. The van der Waals surface area contributed by atoms with Crippen LogP contribution in [0.2, 0.25) is 0 Å². The SMILES string of the molecule is O=C1CC2=C(C(=O)C(=O)CC2)[N+]([O-])(c2ccccc2)S1. The van der Waals surface area contributed by atoms with Crippen molar-refractivity contribution >= 4 is 34.3 Å². The van der Waals surface area contributed by atoms with Crippen LogP contribution in [0, 0.1) is 5.21 Å². The van der Waals surface area contributed by atoms with Crippen molar-refractivity contribution in [3.63, 3.8) is 0 Å². The first-order valence-electron chi connectivity index (χ1n) is 6.20. The molecule has 1 heterocycles. The fourth-order valence-electron chi connectivity index (χ4n) is 2.50. The van der Waals surface area contributed by atoms with Gasteiger partial charge in [0.05, 0.1) is 0 Å². The molecule has 1 atom stereocenters. The van der Waals surface area contributed by atoms with Crippen LogP contribution in [0.4, 0.5) is 5.69 Å². The number of para-hydroxylation sites is 1. The summed E-state index contributed by atoms with van der Waals surface area (Å²) >= 11 is 0.545. The molecule has 5 nitrogen and oxygen atoms in total. The fraction of sp³-hybridized carbons (Fsp3) is 0.214. The van der Waals surface area contributed by atoms with Gasteiger partial charge in [0.1, 0.15) is 5.69 Å². The van der Waals surface area contributed by atoms with Gasteiger partial charge in [-0.2, -0.15) is 0 Å². The molecular formula is C14H11NO4S. The van der Waals surface area contributed by atoms with Crippen molar-refractivity contribution in [1.82, 2.24) is 4.05 Å². The number of rotatable bonds is 1. The zero-order valence-electron chi connectivity index (χ0n) is 10.5. The minimum absolute atomic E-state index is 0.0722. The van der Waals surface area contributed by atoms with Gasteiger partial charge in [0.2, 0.25) is 11.5 Å². The smallest absolute Gasteiger partial charge is 0.283 e. The average molecular weight is 289 g/mol. The lowest BCUT2D eigenvalue weighted by Gasteiger charge is -2.42. The van der Waals surface area contributed by atoms with E-state index in [9.17, 15) is 19.6 Å². The van der Waals surface area contributed by atoms with Gasteiger partial charge < -0.3 is 5.21 Å². The molecule has 0 amide bonds. The predicted octanol–water partition coefficient (Wildman–Crippen LogP) is 2.26. The highest BCUT2D eigenvalue weighted by atomic mass is 32.2. The molecule has 1 aromatic rings. The van der Waals surface area contributed by atoms with Gasteiger partial charge in [0.25, 0.3) is 10.9 Å². The molecule has 1 aliphatic carbocycles. The quantitative estimate of drug-likeness (QED) is 0.343. The van der Waals surface area contributed by atoms with Crippen molar-refractivity contribution in [3.8, 4) is 0 Å². The van der Waals surface area contributed by atoms with E-state index in [1.54, 1.807) is 30.3 Å². The average Bonchev–Trinajstić information content (AvgIpc) is 2.43. The Labute approximate surface area is 119 Å². The van der Waals surface area contributed by atoms with Gasteiger partial charge in [-0.1, -0.05) is 18.2 Å². The number of ketones is 2. The molecule has 6 heteroatoms. The number of hydrogen-bond acceptors (Lipinski definition) is 5. The molecular weight excluding hydrogens is 278 g/mol. The molecule has 1 aliphatic heterocycles. The Kier molecular flexibility index (Phi) is 3.08. The summed E-state index contributed by atoms with van der Waals surface area (Å²) in [6, 6.07) is 8.21. The van der Waals surface area contributed by atoms with E-state index in [-0.39, 0.29) is 29.3 Å². The van der Waals surface area contributed by atoms with E-state index < -0.39 is 15.6 Å². The van der Waals surface area contributed by atoms with Gasteiger partial charge >= 0.3 is 0 Å². The van der Waals surface area contributed by atoms with Crippen molar-refractivity contribution < 1.29 is 14.4 Å². The maximum atomic E-state index is 13.1. The molecule has 0 aromatic heterocycles. The lowest BCUT2D eigenvalue weighted by atomic mass is 9.91. The number of carbonyl (C=O) groups excluding carboxylic acids is 3. The number of benzene rings is 1. The molecule has 0 N–H and O–H groups in total. The van der Waals surface area contributed by atoms with Crippen LogP contribution in [-0.4, -0.2) is 16.7 Å². The first-order chi connectivity index (χ1) is 9.52. The molecule has 0 spiro atoms. The fourth-order valence-corrected chi connectivity index (χ4v) is 3.56. The number of nitrogens with zero attached hydrogens (tertiary/aromatic N) is 1. The van der Waals surface area contributed by atoms with Crippen LogP contribution in [0.5, 0.6) is 0 Å². The lowest BCUT2D eigenvalue weighted by molar-refractivity contribution is -0.135. The van der Waals surface area contributed by atoms with E-state index in [4.69, 9.17) is 0 Å². The third-order valence-corrected chi connectivity index (χ3v) is 4.43. The van der Waals surface area contributed by atoms with Crippen LogP contribution < -0.4 is 4.05 Å². The Bertz CT molecular complexity index is 652. The zero-order valence-corrected chi connectivity index (χ0v) is 11.3. The highest BCUT2D eigenvalue weighted by Gasteiger charge is 2.47. The Morgan fingerprint density at radius 3 is 2.45 bits per heavy atom. The highest BCUT2D eigenvalue weighted by Crippen LogP contribution is 2.45. The Morgan fingerprint density at radius 1 is 1.05 bits per heavy atom. The van der Waals surface area contributed by atoms with E-state index in [1.807, 2.05) is 0 Å². The molecule has 0 fully saturated rings. The summed E-state index contributed by atoms with van der Waals surface area (Å²) < 4.78 is -1.21. The zero-order chi connectivity index (χ0) is 14.3. The van der Waals surface area contributed by atoms with Gasteiger partial charge in [0, 0.05) is 30.5 Å². The van der Waals surface area contributed by atoms with E-state index in [2.05, 4.69) is 0 Å². The van der Waals surface area contributed by atoms with Crippen LogP contribution in [-0.2, 0) is 14.4 Å². The number of carbonyl (C=O) groups is 3. The molecule has 0 saturated carbocycles. The predicted molar refractivity (Wildman–Crippen MR) is 75.1 cm³/mol. The summed E-state index contributed by atoms with van der Waals surface area (Å²) in [4.78, 5) is 35.5. The number of allylic oxidation sites excluding steroid dienone is 2. The van der Waals surface area contributed by atoms with Gasteiger partial charge in [-0.05, 0) is 6.42 Å². The molecule has 102 valence electrons. The summed E-state index contributed by atoms with van der Waals surface area (Å²) in [7, 11) is 0. The maximum absolute atomic E-state index is 13.1. The molecule has 0 radical (unpaired) electrons. The second-order valence-corrected chi connectivity index (χ2v) is 5.88. The first kappa shape index (κ1) is 13.2. The molecule has 3 rings (SSSR count). The number of hydroxylamine groups is 1. The van der Waals surface area contributed by atoms with Crippen LogP contribution in [0.15, 0.2) is 41.6 Å². The van der Waals surface area contributed by atoms with Crippen LogP contribution >= 0.6 is 11.9 Å². The lowest BCUT2D eigenvalue weighted by Crippen LogP contribution is -2.46. The third kappa shape index (κ3) is 1.93. The largest absolute Gasteiger partial charge is 0.609 e. The number of hydrogen-bond donors (Lipinski definition) is 0. The van der Waals surface area contributed by atoms with Gasteiger partial charge in [0.15, 0.2) is 11.9 Å². The molecule has 1 aromatic carbocycles. The summed E-state index contributed by atoms with van der Waals surface area (Å²) in [5, 5.41) is 12.8. The van der Waals surface area contributed by atoms with Crippen molar-refractivity contribution in [3.05, 3.63) is 46.8 Å². The Hall–Kier alpha value is -1.76. The van der Waals surface area contributed by atoms with Crippen molar-refractivity contribution in [2.75, 3.05) is 0 Å². The van der Waals surface area contributed by atoms with E-state index in [1.165, 1.54) is 0 Å². The topological polar surface area (TPSA) is 74.3 Å². The second kappa shape index (κ2) is 4.66. The molecule has 0 bridgehead atoms. The van der Waals surface area contributed by atoms with Crippen molar-refractivity contribution in [1.29, 1.82) is 0 Å².